The number of cyclic esters (lactones) is 1. The van der Waals surface area contributed by atoms with Gasteiger partial charge in [0.15, 0.2) is 0 Å². The van der Waals surface area contributed by atoms with Gasteiger partial charge in [0.05, 0.1) is 12.6 Å². The second-order valence-electron chi connectivity index (χ2n) is 4.03. The highest BCUT2D eigenvalue weighted by Gasteiger charge is 2.29. The molecular formula is C11H20N2O4. The van der Waals surface area contributed by atoms with E-state index in [2.05, 4.69) is 10.6 Å². The van der Waals surface area contributed by atoms with Crippen molar-refractivity contribution in [3.8, 4) is 0 Å². The Labute approximate surface area is 101 Å². The molecule has 17 heavy (non-hydrogen) atoms. The molecule has 2 atom stereocenters. The summed E-state index contributed by atoms with van der Waals surface area (Å²) < 4.78 is 9.69. The van der Waals surface area contributed by atoms with Gasteiger partial charge in [-0.25, -0.2) is 0 Å². The minimum atomic E-state index is -0.395. The molecule has 2 unspecified atom stereocenters. The molecule has 1 rings (SSSR count). The summed E-state index contributed by atoms with van der Waals surface area (Å²) in [6, 6.07) is -0.747. The minimum Gasteiger partial charge on any atom is -0.464 e. The Bertz CT molecular complexity index is 270. The van der Waals surface area contributed by atoms with Crippen LogP contribution in [0.3, 0.4) is 0 Å². The third-order valence-corrected chi connectivity index (χ3v) is 2.60. The predicted octanol–water partition coefficient (Wildman–Crippen LogP) is -0.567. The number of methoxy groups -OCH3 is 1. The van der Waals surface area contributed by atoms with Gasteiger partial charge in [0, 0.05) is 26.7 Å². The summed E-state index contributed by atoms with van der Waals surface area (Å²) in [5.74, 6) is -0.384. The molecule has 1 aliphatic heterocycles. The molecule has 0 aliphatic carbocycles. The van der Waals surface area contributed by atoms with Gasteiger partial charge in [-0.1, -0.05) is 0 Å². The fraction of sp³-hybridized carbons (Fsp3) is 0.818. The van der Waals surface area contributed by atoms with Crippen molar-refractivity contribution in [2.45, 2.75) is 31.8 Å². The molecular weight excluding hydrogens is 224 g/mol. The number of carbonyl (C=O) groups is 2. The molecule has 2 N–H and O–H groups in total. The van der Waals surface area contributed by atoms with E-state index in [9.17, 15) is 9.59 Å². The quantitative estimate of drug-likeness (QED) is 0.463. The smallest absolute Gasteiger partial charge is 0.323 e. The average Bonchev–Trinajstić information content (AvgIpc) is 2.70. The molecule has 0 radical (unpaired) electrons. The lowest BCUT2D eigenvalue weighted by molar-refractivity contribution is -0.139. The van der Waals surface area contributed by atoms with E-state index >= 15 is 0 Å². The summed E-state index contributed by atoms with van der Waals surface area (Å²) in [6.45, 7) is 3.36. The van der Waals surface area contributed by atoms with E-state index in [-0.39, 0.29) is 17.9 Å². The monoisotopic (exact) mass is 244 g/mol. The standard InChI is InChI=1S/C11H20N2O4/c1-8(10(14)12-5-3-6-16-2)13-9-4-7-17-11(9)15/h8-9,13H,3-7H2,1-2H3,(H,12,14). The van der Waals surface area contributed by atoms with Gasteiger partial charge >= 0.3 is 5.97 Å². The maximum atomic E-state index is 11.6. The van der Waals surface area contributed by atoms with Crippen molar-refractivity contribution in [2.75, 3.05) is 26.9 Å². The summed E-state index contributed by atoms with van der Waals surface area (Å²) in [4.78, 5) is 22.8. The van der Waals surface area contributed by atoms with Crippen LogP contribution in [-0.2, 0) is 19.1 Å². The van der Waals surface area contributed by atoms with Crippen molar-refractivity contribution in [2.24, 2.45) is 0 Å². The number of carbonyl (C=O) groups excluding carboxylic acids is 2. The molecule has 6 heteroatoms. The molecule has 1 heterocycles. The molecule has 1 amide bonds. The van der Waals surface area contributed by atoms with E-state index in [1.54, 1.807) is 14.0 Å². The van der Waals surface area contributed by atoms with Crippen LogP contribution in [0.25, 0.3) is 0 Å². The number of esters is 1. The molecule has 0 aromatic heterocycles. The van der Waals surface area contributed by atoms with Crippen LogP contribution < -0.4 is 10.6 Å². The third kappa shape index (κ3) is 4.70. The average molecular weight is 244 g/mol. The number of nitrogens with one attached hydrogen (secondary N) is 2. The van der Waals surface area contributed by atoms with Gasteiger partial charge in [-0.2, -0.15) is 0 Å². The highest BCUT2D eigenvalue weighted by molar-refractivity contribution is 5.83. The van der Waals surface area contributed by atoms with E-state index in [0.717, 1.165) is 6.42 Å². The Kier molecular flexibility index (Phi) is 5.93. The van der Waals surface area contributed by atoms with Crippen LogP contribution in [0.5, 0.6) is 0 Å². The van der Waals surface area contributed by atoms with Crippen molar-refractivity contribution in [3.05, 3.63) is 0 Å². The molecule has 0 spiro atoms. The molecule has 0 bridgehead atoms. The Balaban J connectivity index is 2.19. The van der Waals surface area contributed by atoms with Crippen molar-refractivity contribution < 1.29 is 19.1 Å². The summed E-state index contributed by atoms with van der Waals surface area (Å²) in [6.07, 6.45) is 1.40. The number of rotatable bonds is 7. The van der Waals surface area contributed by atoms with Crippen LogP contribution in [0, 0.1) is 0 Å². The summed E-state index contributed by atoms with van der Waals surface area (Å²) >= 11 is 0. The van der Waals surface area contributed by atoms with E-state index in [1.807, 2.05) is 0 Å². The maximum Gasteiger partial charge on any atom is 0.323 e. The molecule has 98 valence electrons. The first-order valence-electron chi connectivity index (χ1n) is 5.84. The third-order valence-electron chi connectivity index (χ3n) is 2.60. The van der Waals surface area contributed by atoms with E-state index in [4.69, 9.17) is 9.47 Å². The first kappa shape index (κ1) is 13.9. The van der Waals surface area contributed by atoms with Crippen LogP contribution in [-0.4, -0.2) is 50.8 Å². The summed E-state index contributed by atoms with van der Waals surface area (Å²) in [5.41, 5.74) is 0. The topological polar surface area (TPSA) is 76.7 Å². The largest absolute Gasteiger partial charge is 0.464 e. The van der Waals surface area contributed by atoms with Crippen molar-refractivity contribution >= 4 is 11.9 Å². The Morgan fingerprint density at radius 3 is 3.00 bits per heavy atom. The highest BCUT2D eigenvalue weighted by atomic mass is 16.5. The van der Waals surface area contributed by atoms with Crippen LogP contribution in [0.4, 0.5) is 0 Å². The van der Waals surface area contributed by atoms with Gasteiger partial charge < -0.3 is 14.8 Å². The molecule has 0 aromatic carbocycles. The fourth-order valence-corrected chi connectivity index (χ4v) is 1.61. The van der Waals surface area contributed by atoms with Gasteiger partial charge in [-0.05, 0) is 13.3 Å². The fourth-order valence-electron chi connectivity index (χ4n) is 1.61. The Hall–Kier alpha value is -1.14. The molecule has 1 fully saturated rings. The maximum absolute atomic E-state index is 11.6. The summed E-state index contributed by atoms with van der Waals surface area (Å²) in [5, 5.41) is 5.72. The van der Waals surface area contributed by atoms with Gasteiger partial charge in [-0.15, -0.1) is 0 Å². The number of hydrogen-bond acceptors (Lipinski definition) is 5. The lowest BCUT2D eigenvalue weighted by Gasteiger charge is -2.16. The van der Waals surface area contributed by atoms with Crippen molar-refractivity contribution in [3.63, 3.8) is 0 Å². The van der Waals surface area contributed by atoms with E-state index in [0.29, 0.717) is 26.2 Å². The molecule has 0 aromatic rings. The zero-order chi connectivity index (χ0) is 12.7. The van der Waals surface area contributed by atoms with E-state index in [1.165, 1.54) is 0 Å². The first-order valence-corrected chi connectivity index (χ1v) is 5.84. The Morgan fingerprint density at radius 2 is 2.41 bits per heavy atom. The zero-order valence-electron chi connectivity index (χ0n) is 10.3. The second-order valence-corrected chi connectivity index (χ2v) is 4.03. The SMILES string of the molecule is COCCCNC(=O)C(C)NC1CCOC1=O. The molecule has 1 saturated heterocycles. The van der Waals surface area contributed by atoms with Crippen LogP contribution >= 0.6 is 0 Å². The minimum absolute atomic E-state index is 0.110. The number of hydrogen-bond donors (Lipinski definition) is 2. The first-order chi connectivity index (χ1) is 8.15. The van der Waals surface area contributed by atoms with Crippen molar-refractivity contribution in [1.82, 2.24) is 10.6 Å². The lowest BCUT2D eigenvalue weighted by atomic mass is 10.2. The van der Waals surface area contributed by atoms with Gasteiger partial charge in [0.25, 0.3) is 0 Å². The zero-order valence-corrected chi connectivity index (χ0v) is 10.3. The summed E-state index contributed by atoms with van der Waals surface area (Å²) in [7, 11) is 1.62. The number of ether oxygens (including phenoxy) is 2. The van der Waals surface area contributed by atoms with Crippen LogP contribution in [0.15, 0.2) is 0 Å². The molecule has 0 saturated carbocycles. The number of amides is 1. The van der Waals surface area contributed by atoms with Crippen LogP contribution in [0.1, 0.15) is 19.8 Å². The van der Waals surface area contributed by atoms with Gasteiger partial charge in [0.2, 0.25) is 5.91 Å². The second kappa shape index (κ2) is 7.24. The normalized spacial score (nSPS) is 21.1. The van der Waals surface area contributed by atoms with Gasteiger partial charge in [0.1, 0.15) is 6.04 Å². The lowest BCUT2D eigenvalue weighted by Crippen LogP contribution is -2.48. The molecule has 6 nitrogen and oxygen atoms in total. The predicted molar refractivity (Wildman–Crippen MR) is 61.5 cm³/mol. The highest BCUT2D eigenvalue weighted by Crippen LogP contribution is 2.06. The van der Waals surface area contributed by atoms with Crippen LogP contribution in [0.2, 0.25) is 0 Å². The Morgan fingerprint density at radius 1 is 1.65 bits per heavy atom. The molecule has 1 aliphatic rings. The van der Waals surface area contributed by atoms with E-state index < -0.39 is 6.04 Å². The van der Waals surface area contributed by atoms with Gasteiger partial charge in [-0.3, -0.25) is 14.9 Å². The van der Waals surface area contributed by atoms with Crippen molar-refractivity contribution in [1.29, 1.82) is 0 Å².